The van der Waals surface area contributed by atoms with E-state index in [4.69, 9.17) is 4.74 Å². The fourth-order valence-corrected chi connectivity index (χ4v) is 3.31. The van der Waals surface area contributed by atoms with Gasteiger partial charge in [0.2, 0.25) is 11.8 Å². The summed E-state index contributed by atoms with van der Waals surface area (Å²) in [7, 11) is 1.63. The monoisotopic (exact) mass is 434 g/mol. The molecule has 11 heteroatoms. The number of methoxy groups -OCH3 is 1. The number of nitrogens with zero attached hydrogens (tertiary/aromatic N) is 5. The summed E-state index contributed by atoms with van der Waals surface area (Å²) in [6.45, 7) is 2.01. The van der Waals surface area contributed by atoms with Gasteiger partial charge in [-0.1, -0.05) is 12.1 Å². The molecule has 0 saturated heterocycles. The minimum absolute atomic E-state index is 0.0717. The van der Waals surface area contributed by atoms with Gasteiger partial charge in [-0.3, -0.25) is 4.98 Å². The third kappa shape index (κ3) is 3.92. The van der Waals surface area contributed by atoms with Crippen LogP contribution in [0.3, 0.4) is 0 Å². The number of aromatic hydroxyl groups is 1. The minimum Gasteiger partial charge on any atom is -0.497 e. The first-order chi connectivity index (χ1) is 15.5. The number of ether oxygens (including phenoxy) is 1. The van der Waals surface area contributed by atoms with Crippen molar-refractivity contribution >= 4 is 17.7 Å². The average Bonchev–Trinajstić information content (AvgIpc) is 3.42. The van der Waals surface area contributed by atoms with E-state index in [1.54, 1.807) is 23.9 Å². The fraction of sp³-hybridized carbons (Fsp3) is 0.286. The van der Waals surface area contributed by atoms with E-state index in [9.17, 15) is 9.90 Å². The van der Waals surface area contributed by atoms with Crippen LogP contribution in [0.15, 0.2) is 40.2 Å². The maximum Gasteiger partial charge on any atom is 0.326 e. The van der Waals surface area contributed by atoms with Crippen molar-refractivity contribution < 1.29 is 9.84 Å². The molecule has 1 aliphatic rings. The van der Waals surface area contributed by atoms with Gasteiger partial charge in [0.25, 0.3) is 5.62 Å². The predicted molar refractivity (Wildman–Crippen MR) is 116 cm³/mol. The molecule has 1 atom stereocenters. The number of anilines is 1. The molecule has 4 N–H and O–H groups in total. The van der Waals surface area contributed by atoms with E-state index in [1.807, 2.05) is 31.2 Å². The van der Waals surface area contributed by atoms with Gasteiger partial charge in [-0.25, -0.2) is 9.79 Å². The van der Waals surface area contributed by atoms with E-state index in [1.165, 1.54) is 0 Å². The second-order valence-corrected chi connectivity index (χ2v) is 7.67. The van der Waals surface area contributed by atoms with E-state index in [0.717, 1.165) is 24.2 Å². The highest BCUT2D eigenvalue weighted by molar-refractivity contribution is 5.57. The molecular formula is C21H22N8O3. The highest BCUT2D eigenvalue weighted by Crippen LogP contribution is 2.23. The molecule has 0 spiro atoms. The number of hydrogen-bond donors (Lipinski definition) is 4. The second-order valence-electron chi connectivity index (χ2n) is 7.67. The van der Waals surface area contributed by atoms with Crippen LogP contribution in [0.4, 0.5) is 5.95 Å². The normalized spacial score (nSPS) is 15.9. The average molecular weight is 434 g/mol. The van der Waals surface area contributed by atoms with Gasteiger partial charge in [0.05, 0.1) is 25.4 Å². The van der Waals surface area contributed by atoms with E-state index in [-0.39, 0.29) is 23.7 Å². The summed E-state index contributed by atoms with van der Waals surface area (Å²) in [5.41, 5.74) is 1.74. The molecule has 3 aromatic heterocycles. The molecule has 1 fully saturated rings. The third-order valence-corrected chi connectivity index (χ3v) is 5.22. The second kappa shape index (κ2) is 7.84. The lowest BCUT2D eigenvalue weighted by molar-refractivity contribution is 0.414. The summed E-state index contributed by atoms with van der Waals surface area (Å²) >= 11 is 0. The predicted octanol–water partition coefficient (Wildman–Crippen LogP) is 0.639. The lowest BCUT2D eigenvalue weighted by Crippen LogP contribution is -2.25. The van der Waals surface area contributed by atoms with Crippen LogP contribution in [0.1, 0.15) is 37.1 Å². The van der Waals surface area contributed by atoms with Crippen molar-refractivity contribution in [3.63, 3.8) is 0 Å². The molecule has 11 nitrogen and oxygen atoms in total. The zero-order chi connectivity index (χ0) is 22.2. The molecular weight excluding hydrogens is 412 g/mol. The number of hydrogen-bond acceptors (Lipinski definition) is 8. The van der Waals surface area contributed by atoms with E-state index >= 15 is 0 Å². The summed E-state index contributed by atoms with van der Waals surface area (Å²) in [5.74, 6) is 0.939. The summed E-state index contributed by atoms with van der Waals surface area (Å²) in [6, 6.07) is 7.93. The largest absolute Gasteiger partial charge is 0.497 e. The van der Waals surface area contributed by atoms with Crippen molar-refractivity contribution in [2.24, 2.45) is 4.99 Å². The smallest absolute Gasteiger partial charge is 0.326 e. The van der Waals surface area contributed by atoms with E-state index < -0.39 is 5.69 Å². The summed E-state index contributed by atoms with van der Waals surface area (Å²) < 4.78 is 6.79. The quantitative estimate of drug-likeness (QED) is 0.348. The van der Waals surface area contributed by atoms with Gasteiger partial charge in [-0.05, 0) is 43.5 Å². The Morgan fingerprint density at radius 1 is 1.28 bits per heavy atom. The van der Waals surface area contributed by atoms with Gasteiger partial charge in [0.1, 0.15) is 11.4 Å². The Hall–Kier alpha value is -4.15. The lowest BCUT2D eigenvalue weighted by Gasteiger charge is -2.14. The number of rotatable bonds is 6. The van der Waals surface area contributed by atoms with Gasteiger partial charge >= 0.3 is 5.69 Å². The Labute approximate surface area is 181 Å². The maximum atomic E-state index is 11.5. The number of benzene rings is 1. The molecule has 1 saturated carbocycles. The molecule has 0 amide bonds. The fourth-order valence-electron chi connectivity index (χ4n) is 3.31. The number of fused-ring (bicyclic) bond motifs is 1. The van der Waals surface area contributed by atoms with Gasteiger partial charge < -0.3 is 20.1 Å². The molecule has 0 aliphatic heterocycles. The van der Waals surface area contributed by atoms with Gasteiger partial charge in [0.15, 0.2) is 5.65 Å². The molecule has 0 unspecified atom stereocenters. The van der Waals surface area contributed by atoms with Crippen molar-refractivity contribution in [3.05, 3.63) is 63.0 Å². The van der Waals surface area contributed by atoms with Crippen molar-refractivity contribution in [3.8, 4) is 11.6 Å². The summed E-state index contributed by atoms with van der Waals surface area (Å²) in [4.78, 5) is 30.2. The van der Waals surface area contributed by atoms with Gasteiger partial charge in [0, 0.05) is 5.22 Å². The van der Waals surface area contributed by atoms with Crippen LogP contribution in [0, 0.1) is 0 Å². The van der Waals surface area contributed by atoms with Crippen LogP contribution in [0.25, 0.3) is 11.7 Å². The van der Waals surface area contributed by atoms with Crippen LogP contribution in [-0.2, 0) is 0 Å². The first kappa shape index (κ1) is 19.8. The van der Waals surface area contributed by atoms with Crippen LogP contribution >= 0.6 is 0 Å². The summed E-state index contributed by atoms with van der Waals surface area (Å²) in [5, 5.41) is 18.2. The van der Waals surface area contributed by atoms with Gasteiger partial charge in [-0.2, -0.15) is 19.6 Å². The first-order valence-electron chi connectivity index (χ1n) is 10.2. The number of imidazole rings is 1. The number of H-pyrrole nitrogens is 2. The lowest BCUT2D eigenvalue weighted by atomic mass is 10.1. The third-order valence-electron chi connectivity index (χ3n) is 5.22. The van der Waals surface area contributed by atoms with Crippen molar-refractivity contribution in [1.82, 2.24) is 29.5 Å². The molecule has 0 bridgehead atoms. The zero-order valence-electron chi connectivity index (χ0n) is 17.5. The van der Waals surface area contributed by atoms with Crippen molar-refractivity contribution in [2.75, 3.05) is 12.4 Å². The molecule has 1 aliphatic carbocycles. The number of aromatic amines is 2. The molecule has 32 heavy (non-hydrogen) atoms. The van der Waals surface area contributed by atoms with Gasteiger partial charge in [-0.15, -0.1) is 0 Å². The molecule has 0 radical (unpaired) electrons. The summed E-state index contributed by atoms with van der Waals surface area (Å²) in [6.07, 6.45) is 5.24. The Balaban J connectivity index is 1.58. The van der Waals surface area contributed by atoms with Crippen LogP contribution in [0.5, 0.6) is 11.6 Å². The Morgan fingerprint density at radius 2 is 2.06 bits per heavy atom. The van der Waals surface area contributed by atoms with Crippen LogP contribution < -0.4 is 26.6 Å². The molecule has 4 aromatic rings. The Bertz CT molecular complexity index is 1450. The SMILES string of the molecule is COc1ccc([C@H](C)Nc2nc(=NC3CC3)n3nc/c(=C\c4[nH]c(=O)[nH]c4O)c3n2)cc1. The van der Waals surface area contributed by atoms with Crippen LogP contribution in [-0.4, -0.2) is 47.8 Å². The minimum atomic E-state index is -0.500. The first-order valence-corrected chi connectivity index (χ1v) is 10.2. The number of nitrogens with one attached hydrogen (secondary N) is 3. The standard InChI is InChI=1S/C21H22N8O3/c1-11(12-3-7-15(32-2)8-4-12)23-19-26-17-13(9-16-18(30)27-21(31)25-16)10-22-29(17)20(28-19)24-14-5-6-14/h3-4,7-11,14,30H,5-6H2,1-2H3,(H,23,24,28)(H2,25,27,31)/b13-9+/t11-/m0/s1. The molecule has 3 heterocycles. The Kier molecular flexibility index (Phi) is 4.85. The highest BCUT2D eigenvalue weighted by Gasteiger charge is 2.21. The Morgan fingerprint density at radius 3 is 2.72 bits per heavy atom. The zero-order valence-corrected chi connectivity index (χ0v) is 17.5. The molecule has 164 valence electrons. The molecule has 5 rings (SSSR count). The molecule has 1 aromatic carbocycles. The van der Waals surface area contributed by atoms with Crippen LogP contribution in [0.2, 0.25) is 0 Å². The van der Waals surface area contributed by atoms with Crippen molar-refractivity contribution in [1.29, 1.82) is 0 Å². The topological polar surface area (TPSA) is 146 Å². The highest BCUT2D eigenvalue weighted by atomic mass is 16.5. The van der Waals surface area contributed by atoms with E-state index in [0.29, 0.717) is 22.4 Å². The maximum absolute atomic E-state index is 11.5. The van der Waals surface area contributed by atoms with E-state index in [2.05, 4.69) is 35.3 Å². The number of aromatic nitrogens is 6. The van der Waals surface area contributed by atoms with Crippen molar-refractivity contribution in [2.45, 2.75) is 31.8 Å².